The summed E-state index contributed by atoms with van der Waals surface area (Å²) < 4.78 is 7.41. The summed E-state index contributed by atoms with van der Waals surface area (Å²) >= 11 is 0. The van der Waals surface area contributed by atoms with Gasteiger partial charge in [0.15, 0.2) is 0 Å². The number of hydrogen-bond acceptors (Lipinski definition) is 3. The van der Waals surface area contributed by atoms with Gasteiger partial charge in [-0.25, -0.2) is 0 Å². The van der Waals surface area contributed by atoms with E-state index in [-0.39, 0.29) is 6.04 Å². The van der Waals surface area contributed by atoms with Gasteiger partial charge < -0.3 is 10.1 Å². The highest BCUT2D eigenvalue weighted by atomic mass is 16.5. The van der Waals surface area contributed by atoms with Gasteiger partial charge in [0, 0.05) is 31.3 Å². The van der Waals surface area contributed by atoms with Crippen molar-refractivity contribution in [1.29, 1.82) is 0 Å². The normalized spacial score (nSPS) is 12.4. The lowest BCUT2D eigenvalue weighted by atomic mass is 9.99. The van der Waals surface area contributed by atoms with E-state index in [0.29, 0.717) is 0 Å². The molecule has 0 aliphatic carbocycles. The summed E-state index contributed by atoms with van der Waals surface area (Å²) in [6, 6.07) is 8.67. The lowest BCUT2D eigenvalue weighted by Crippen LogP contribution is -2.25. The fourth-order valence-electron chi connectivity index (χ4n) is 2.50. The molecule has 0 saturated heterocycles. The predicted octanol–water partition coefficient (Wildman–Crippen LogP) is 3.02. The Morgan fingerprint density at radius 1 is 1.33 bits per heavy atom. The highest BCUT2D eigenvalue weighted by Gasteiger charge is 2.17. The maximum atomic E-state index is 5.56. The van der Waals surface area contributed by atoms with Crippen LogP contribution >= 0.6 is 0 Å². The van der Waals surface area contributed by atoms with E-state index in [1.807, 2.05) is 17.9 Å². The number of methoxy groups -OCH3 is 1. The molecule has 0 saturated carbocycles. The first-order valence-electron chi connectivity index (χ1n) is 7.50. The van der Waals surface area contributed by atoms with Gasteiger partial charge in [-0.05, 0) is 37.6 Å². The van der Waals surface area contributed by atoms with E-state index in [9.17, 15) is 0 Å². The van der Waals surface area contributed by atoms with Gasteiger partial charge in [0.2, 0.25) is 0 Å². The predicted molar refractivity (Wildman–Crippen MR) is 85.7 cm³/mol. The van der Waals surface area contributed by atoms with E-state index in [4.69, 9.17) is 4.74 Å². The summed E-state index contributed by atoms with van der Waals surface area (Å²) in [5, 5.41) is 8.10. The molecular formula is C17H25N3O. The summed E-state index contributed by atoms with van der Waals surface area (Å²) in [7, 11) is 3.68. The molecular weight excluding hydrogens is 262 g/mol. The van der Waals surface area contributed by atoms with Crippen molar-refractivity contribution in [2.75, 3.05) is 13.7 Å². The molecule has 0 spiro atoms. The van der Waals surface area contributed by atoms with E-state index < -0.39 is 0 Å². The second-order valence-electron chi connectivity index (χ2n) is 5.44. The molecule has 1 aromatic carbocycles. The number of nitrogens with one attached hydrogen (secondary N) is 1. The van der Waals surface area contributed by atoms with Crippen molar-refractivity contribution in [1.82, 2.24) is 15.1 Å². The summed E-state index contributed by atoms with van der Waals surface area (Å²) in [5.41, 5.74) is 3.50. The van der Waals surface area contributed by atoms with Crippen LogP contribution < -0.4 is 10.1 Å². The van der Waals surface area contributed by atoms with Crippen LogP contribution in [-0.4, -0.2) is 23.4 Å². The van der Waals surface area contributed by atoms with Crippen LogP contribution in [0.5, 0.6) is 5.75 Å². The molecule has 0 radical (unpaired) electrons. The number of ether oxygens (including phenoxy) is 1. The third-order valence-electron chi connectivity index (χ3n) is 3.59. The Kier molecular flexibility index (Phi) is 5.39. The van der Waals surface area contributed by atoms with Crippen LogP contribution in [0.1, 0.15) is 36.2 Å². The second kappa shape index (κ2) is 7.27. The lowest BCUT2D eigenvalue weighted by Gasteiger charge is -2.21. The fraction of sp³-hybridized carbons (Fsp3) is 0.471. The molecule has 1 aromatic heterocycles. The number of aryl methyl sites for hydroxylation is 2. The topological polar surface area (TPSA) is 39.1 Å². The number of nitrogens with zero attached hydrogens (tertiary/aromatic N) is 2. The average molecular weight is 287 g/mol. The number of rotatable bonds is 7. The third kappa shape index (κ3) is 4.08. The Hall–Kier alpha value is -1.81. The molecule has 2 rings (SSSR count). The van der Waals surface area contributed by atoms with Gasteiger partial charge in [0.1, 0.15) is 5.75 Å². The molecule has 0 amide bonds. The first-order chi connectivity index (χ1) is 10.1. The van der Waals surface area contributed by atoms with Crippen molar-refractivity contribution in [2.45, 2.75) is 32.7 Å². The largest absolute Gasteiger partial charge is 0.496 e. The van der Waals surface area contributed by atoms with E-state index in [1.54, 1.807) is 7.11 Å². The molecule has 1 N–H and O–H groups in total. The summed E-state index contributed by atoms with van der Waals surface area (Å²) in [5.74, 6) is 0.944. The maximum Gasteiger partial charge on any atom is 0.123 e. The van der Waals surface area contributed by atoms with Crippen molar-refractivity contribution < 1.29 is 4.74 Å². The van der Waals surface area contributed by atoms with Crippen LogP contribution in [0.15, 0.2) is 30.5 Å². The van der Waals surface area contributed by atoms with Gasteiger partial charge in [-0.15, -0.1) is 0 Å². The van der Waals surface area contributed by atoms with Crippen molar-refractivity contribution in [3.8, 4) is 5.75 Å². The number of hydrogen-bond donors (Lipinski definition) is 1. The molecule has 0 aliphatic heterocycles. The molecule has 0 bridgehead atoms. The monoisotopic (exact) mass is 287 g/mol. The van der Waals surface area contributed by atoms with Crippen LogP contribution in [0.4, 0.5) is 0 Å². The molecule has 1 atom stereocenters. The summed E-state index contributed by atoms with van der Waals surface area (Å²) in [6.07, 6.45) is 3.95. The van der Waals surface area contributed by atoms with E-state index in [2.05, 4.69) is 48.5 Å². The summed E-state index contributed by atoms with van der Waals surface area (Å²) in [6.45, 7) is 5.24. The Balaban J connectivity index is 2.26. The minimum Gasteiger partial charge on any atom is -0.496 e. The van der Waals surface area contributed by atoms with Gasteiger partial charge in [-0.3, -0.25) is 4.68 Å². The van der Waals surface area contributed by atoms with Gasteiger partial charge in [-0.1, -0.05) is 19.1 Å². The average Bonchev–Trinajstić information content (AvgIpc) is 2.88. The summed E-state index contributed by atoms with van der Waals surface area (Å²) in [4.78, 5) is 0. The molecule has 0 fully saturated rings. The van der Waals surface area contributed by atoms with Crippen molar-refractivity contribution >= 4 is 0 Å². The molecule has 4 nitrogen and oxygen atoms in total. The molecule has 4 heteroatoms. The Bertz CT molecular complexity index is 577. The zero-order valence-corrected chi connectivity index (χ0v) is 13.4. The molecule has 21 heavy (non-hydrogen) atoms. The smallest absolute Gasteiger partial charge is 0.123 e. The van der Waals surface area contributed by atoms with Crippen molar-refractivity contribution in [3.05, 3.63) is 47.3 Å². The quantitative estimate of drug-likeness (QED) is 0.851. The SMILES string of the molecule is CCCNC(Cc1ccn(C)n1)c1ccc(C)cc1OC. The van der Waals surface area contributed by atoms with E-state index in [1.165, 1.54) is 11.1 Å². The Morgan fingerprint density at radius 3 is 2.76 bits per heavy atom. The van der Waals surface area contributed by atoms with Gasteiger partial charge in [0.25, 0.3) is 0 Å². The van der Waals surface area contributed by atoms with Crippen LogP contribution in [0.25, 0.3) is 0 Å². The second-order valence-corrected chi connectivity index (χ2v) is 5.44. The van der Waals surface area contributed by atoms with Crippen LogP contribution in [0, 0.1) is 6.92 Å². The molecule has 1 unspecified atom stereocenters. The third-order valence-corrected chi connectivity index (χ3v) is 3.59. The molecule has 1 heterocycles. The van der Waals surface area contributed by atoms with Crippen LogP contribution in [-0.2, 0) is 13.5 Å². The molecule has 2 aromatic rings. The number of aromatic nitrogens is 2. The van der Waals surface area contributed by atoms with Gasteiger partial charge in [0.05, 0.1) is 12.8 Å². The first-order valence-corrected chi connectivity index (χ1v) is 7.50. The highest BCUT2D eigenvalue weighted by Crippen LogP contribution is 2.28. The number of benzene rings is 1. The highest BCUT2D eigenvalue weighted by molar-refractivity contribution is 5.39. The lowest BCUT2D eigenvalue weighted by molar-refractivity contribution is 0.397. The Labute approximate surface area is 127 Å². The standard InChI is InChI=1S/C17H25N3O/c1-5-9-18-16(12-14-8-10-20(3)19-14)15-7-6-13(2)11-17(15)21-4/h6-8,10-11,16,18H,5,9,12H2,1-4H3. The minimum atomic E-state index is 0.218. The van der Waals surface area contributed by atoms with E-state index in [0.717, 1.165) is 30.8 Å². The van der Waals surface area contributed by atoms with Crippen LogP contribution in [0.2, 0.25) is 0 Å². The van der Waals surface area contributed by atoms with E-state index >= 15 is 0 Å². The fourth-order valence-corrected chi connectivity index (χ4v) is 2.50. The minimum absolute atomic E-state index is 0.218. The maximum absolute atomic E-state index is 5.56. The molecule has 114 valence electrons. The zero-order chi connectivity index (χ0) is 15.2. The van der Waals surface area contributed by atoms with Crippen molar-refractivity contribution in [3.63, 3.8) is 0 Å². The van der Waals surface area contributed by atoms with Gasteiger partial charge in [-0.2, -0.15) is 5.10 Å². The molecule has 0 aliphatic rings. The first kappa shape index (κ1) is 15.6. The zero-order valence-electron chi connectivity index (χ0n) is 13.4. The van der Waals surface area contributed by atoms with Crippen LogP contribution in [0.3, 0.4) is 0 Å². The van der Waals surface area contributed by atoms with Gasteiger partial charge >= 0.3 is 0 Å². The Morgan fingerprint density at radius 2 is 2.14 bits per heavy atom. The van der Waals surface area contributed by atoms with Crippen molar-refractivity contribution in [2.24, 2.45) is 7.05 Å².